The van der Waals surface area contributed by atoms with Gasteiger partial charge in [-0.1, -0.05) is 32.9 Å². The van der Waals surface area contributed by atoms with Crippen molar-refractivity contribution in [2.45, 2.75) is 40.2 Å². The summed E-state index contributed by atoms with van der Waals surface area (Å²) in [6, 6.07) is 6.23. The van der Waals surface area contributed by atoms with E-state index in [0.717, 1.165) is 5.56 Å². The van der Waals surface area contributed by atoms with Crippen LogP contribution in [0.3, 0.4) is 0 Å². The predicted octanol–water partition coefficient (Wildman–Crippen LogP) is 3.55. The van der Waals surface area contributed by atoms with E-state index >= 15 is 0 Å². The van der Waals surface area contributed by atoms with Crippen LogP contribution in [0.25, 0.3) is 0 Å². The van der Waals surface area contributed by atoms with Gasteiger partial charge in [0.05, 0.1) is 11.0 Å². The Kier molecular flexibility index (Phi) is 4.87. The molecule has 0 saturated carbocycles. The van der Waals surface area contributed by atoms with E-state index in [4.69, 9.17) is 0 Å². The molecule has 0 aliphatic rings. The molecule has 5 heteroatoms. The number of nitro groups is 1. The highest BCUT2D eigenvalue weighted by Crippen LogP contribution is 2.26. The Morgan fingerprint density at radius 2 is 2.00 bits per heavy atom. The molecule has 0 aliphatic heterocycles. The van der Waals surface area contributed by atoms with Crippen LogP contribution in [0, 0.1) is 15.5 Å². The number of hydrogen-bond acceptors (Lipinski definition) is 3. The minimum atomic E-state index is -0.423. The number of carbonyl (C=O) groups is 1. The summed E-state index contributed by atoms with van der Waals surface area (Å²) < 4.78 is 0. The molecule has 1 aromatic rings. The van der Waals surface area contributed by atoms with Crippen LogP contribution in [0.2, 0.25) is 0 Å². The summed E-state index contributed by atoms with van der Waals surface area (Å²) in [4.78, 5) is 24.2. The van der Waals surface area contributed by atoms with Gasteiger partial charge in [-0.2, -0.15) is 0 Å². The Balaban J connectivity index is 2.88. The van der Waals surface area contributed by atoms with E-state index in [1.807, 2.05) is 27.7 Å². The van der Waals surface area contributed by atoms with Crippen LogP contribution < -0.4 is 0 Å². The lowest BCUT2D eigenvalue weighted by atomic mass is 9.91. The van der Waals surface area contributed by atoms with E-state index in [0.29, 0.717) is 6.42 Å². The van der Waals surface area contributed by atoms with Gasteiger partial charge in [0.1, 0.15) is 0 Å². The average Bonchev–Trinajstić information content (AvgIpc) is 2.35. The van der Waals surface area contributed by atoms with Crippen molar-refractivity contribution < 1.29 is 9.72 Å². The summed E-state index contributed by atoms with van der Waals surface area (Å²) in [6.45, 7) is 7.91. The minimum absolute atomic E-state index is 0.0384. The van der Waals surface area contributed by atoms with E-state index in [1.165, 1.54) is 12.1 Å². The van der Waals surface area contributed by atoms with E-state index in [9.17, 15) is 14.9 Å². The quantitative estimate of drug-likeness (QED) is 0.625. The summed E-state index contributed by atoms with van der Waals surface area (Å²) in [5.41, 5.74) is 0.739. The fourth-order valence-electron chi connectivity index (χ4n) is 1.92. The van der Waals surface area contributed by atoms with Crippen molar-refractivity contribution in [1.29, 1.82) is 0 Å². The second kappa shape index (κ2) is 6.03. The zero-order valence-corrected chi connectivity index (χ0v) is 12.7. The van der Waals surface area contributed by atoms with Gasteiger partial charge in [-0.3, -0.25) is 14.9 Å². The highest BCUT2D eigenvalue weighted by Gasteiger charge is 2.23. The smallest absolute Gasteiger partial charge is 0.269 e. The number of benzene rings is 1. The molecule has 0 spiro atoms. The zero-order valence-electron chi connectivity index (χ0n) is 12.7. The van der Waals surface area contributed by atoms with Crippen LogP contribution >= 0.6 is 0 Å². The normalized spacial score (nSPS) is 12.8. The fourth-order valence-corrected chi connectivity index (χ4v) is 1.92. The number of amides is 1. The molecule has 1 aromatic carbocycles. The number of hydrogen-bond donors (Lipinski definition) is 0. The monoisotopic (exact) mass is 278 g/mol. The van der Waals surface area contributed by atoms with E-state index < -0.39 is 4.92 Å². The van der Waals surface area contributed by atoms with Crippen molar-refractivity contribution in [2.24, 2.45) is 5.41 Å². The topological polar surface area (TPSA) is 63.5 Å². The molecule has 0 fully saturated rings. The van der Waals surface area contributed by atoms with Gasteiger partial charge in [0.2, 0.25) is 5.91 Å². The number of nitrogens with zero attached hydrogens (tertiary/aromatic N) is 2. The number of rotatable bonds is 4. The third-order valence-corrected chi connectivity index (χ3v) is 3.22. The maximum Gasteiger partial charge on any atom is 0.269 e. The third kappa shape index (κ3) is 4.33. The molecule has 1 atom stereocenters. The second-order valence-corrected chi connectivity index (χ2v) is 6.27. The minimum Gasteiger partial charge on any atom is -0.339 e. The molecule has 1 rings (SSSR count). The lowest BCUT2D eigenvalue weighted by molar-refractivity contribution is -0.384. The molecule has 0 heterocycles. The maximum atomic E-state index is 12.2. The van der Waals surface area contributed by atoms with Gasteiger partial charge in [-0.05, 0) is 17.9 Å². The van der Waals surface area contributed by atoms with Crippen molar-refractivity contribution in [3.05, 3.63) is 39.9 Å². The van der Waals surface area contributed by atoms with Crippen LogP contribution in [0.4, 0.5) is 5.69 Å². The molecule has 20 heavy (non-hydrogen) atoms. The standard InChI is InChI=1S/C15H22N2O3/c1-11(16(5)14(18)10-15(2,3)4)12-7-6-8-13(9-12)17(19)20/h6-9,11H,10H2,1-5H3/t11-/m1/s1. The molecule has 0 bridgehead atoms. The largest absolute Gasteiger partial charge is 0.339 e. The van der Waals surface area contributed by atoms with Crippen molar-refractivity contribution in [2.75, 3.05) is 7.05 Å². The lowest BCUT2D eigenvalue weighted by Gasteiger charge is -2.28. The van der Waals surface area contributed by atoms with Gasteiger partial charge in [-0.15, -0.1) is 0 Å². The second-order valence-electron chi connectivity index (χ2n) is 6.27. The molecule has 0 radical (unpaired) electrons. The van der Waals surface area contributed by atoms with Gasteiger partial charge in [-0.25, -0.2) is 0 Å². The average molecular weight is 278 g/mol. The van der Waals surface area contributed by atoms with Crippen molar-refractivity contribution in [3.8, 4) is 0 Å². The number of non-ortho nitro benzene ring substituents is 1. The van der Waals surface area contributed by atoms with Crippen molar-refractivity contribution >= 4 is 11.6 Å². The molecule has 5 nitrogen and oxygen atoms in total. The molecule has 0 N–H and O–H groups in total. The Bertz CT molecular complexity index is 506. The van der Waals surface area contributed by atoms with Crippen molar-refractivity contribution in [1.82, 2.24) is 4.90 Å². The van der Waals surface area contributed by atoms with Crippen LogP contribution in [-0.4, -0.2) is 22.8 Å². The predicted molar refractivity (Wildman–Crippen MR) is 78.4 cm³/mol. The summed E-state index contributed by atoms with van der Waals surface area (Å²) in [5.74, 6) is 0.0384. The first-order valence-electron chi connectivity index (χ1n) is 6.62. The van der Waals surface area contributed by atoms with Crippen LogP contribution in [-0.2, 0) is 4.79 Å². The fraction of sp³-hybridized carbons (Fsp3) is 0.533. The lowest BCUT2D eigenvalue weighted by Crippen LogP contribution is -2.32. The Morgan fingerprint density at radius 1 is 1.40 bits per heavy atom. The van der Waals surface area contributed by atoms with E-state index in [1.54, 1.807) is 24.1 Å². The summed E-state index contributed by atoms with van der Waals surface area (Å²) in [5, 5.41) is 10.8. The Morgan fingerprint density at radius 3 is 2.50 bits per heavy atom. The molecule has 0 unspecified atom stereocenters. The molecular formula is C15H22N2O3. The summed E-state index contributed by atoms with van der Waals surface area (Å²) in [7, 11) is 1.73. The number of nitro benzene ring substituents is 1. The van der Waals surface area contributed by atoms with Crippen LogP contribution in [0.5, 0.6) is 0 Å². The van der Waals surface area contributed by atoms with Gasteiger partial charge in [0.15, 0.2) is 0 Å². The molecular weight excluding hydrogens is 256 g/mol. The van der Waals surface area contributed by atoms with Gasteiger partial charge in [0.25, 0.3) is 5.69 Å². The number of carbonyl (C=O) groups excluding carboxylic acids is 1. The first-order chi connectivity index (χ1) is 9.11. The Labute approximate surface area is 119 Å². The van der Waals surface area contributed by atoms with Gasteiger partial charge in [0, 0.05) is 25.6 Å². The molecule has 1 amide bonds. The van der Waals surface area contributed by atoms with Gasteiger partial charge >= 0.3 is 0 Å². The summed E-state index contributed by atoms with van der Waals surface area (Å²) >= 11 is 0. The van der Waals surface area contributed by atoms with Crippen LogP contribution in [0.1, 0.15) is 45.7 Å². The van der Waals surface area contributed by atoms with E-state index in [2.05, 4.69) is 0 Å². The highest BCUT2D eigenvalue weighted by molar-refractivity contribution is 5.77. The summed E-state index contributed by atoms with van der Waals surface area (Å²) in [6.07, 6.45) is 0.447. The van der Waals surface area contributed by atoms with Crippen LogP contribution in [0.15, 0.2) is 24.3 Å². The van der Waals surface area contributed by atoms with Gasteiger partial charge < -0.3 is 4.90 Å². The SMILES string of the molecule is C[C@H](c1cccc([N+](=O)[O-])c1)N(C)C(=O)CC(C)(C)C. The molecule has 110 valence electrons. The maximum absolute atomic E-state index is 12.2. The zero-order chi connectivity index (χ0) is 15.5. The highest BCUT2D eigenvalue weighted by atomic mass is 16.6. The third-order valence-electron chi connectivity index (χ3n) is 3.22. The first-order valence-corrected chi connectivity index (χ1v) is 6.62. The van der Waals surface area contributed by atoms with Crippen molar-refractivity contribution in [3.63, 3.8) is 0 Å². The molecule has 0 saturated heterocycles. The Hall–Kier alpha value is -1.91. The molecule has 0 aromatic heterocycles. The molecule has 0 aliphatic carbocycles. The first kappa shape index (κ1) is 16.1. The van der Waals surface area contributed by atoms with E-state index in [-0.39, 0.29) is 23.1 Å².